The van der Waals surface area contributed by atoms with Crippen molar-refractivity contribution in [1.82, 2.24) is 10.2 Å². The normalized spacial score (nSPS) is 15.4. The van der Waals surface area contributed by atoms with Gasteiger partial charge in [0.1, 0.15) is 0 Å². The zero-order chi connectivity index (χ0) is 17.0. The molecule has 6 nitrogen and oxygen atoms in total. The minimum Gasteiger partial charge on any atom is -0.481 e. The first-order chi connectivity index (χ1) is 10.8. The summed E-state index contributed by atoms with van der Waals surface area (Å²) in [5.74, 6) is -1.21. The molecular formula is C17H22N2O4. The van der Waals surface area contributed by atoms with Crippen LogP contribution in [0.4, 0.5) is 0 Å². The Bertz CT molecular complexity index is 604. The summed E-state index contributed by atoms with van der Waals surface area (Å²) in [6.45, 7) is 0.324. The Morgan fingerprint density at radius 3 is 2.22 bits per heavy atom. The van der Waals surface area contributed by atoms with E-state index in [1.54, 1.807) is 38.4 Å². The molecule has 1 aliphatic rings. The van der Waals surface area contributed by atoms with E-state index in [-0.39, 0.29) is 18.2 Å². The molecule has 2 rings (SSSR count). The summed E-state index contributed by atoms with van der Waals surface area (Å²) in [4.78, 5) is 36.5. The van der Waals surface area contributed by atoms with Crippen molar-refractivity contribution in [2.45, 2.75) is 32.2 Å². The van der Waals surface area contributed by atoms with E-state index in [9.17, 15) is 19.5 Å². The first kappa shape index (κ1) is 17.0. The molecule has 0 radical (unpaired) electrons. The number of carboxylic acids is 1. The Labute approximate surface area is 135 Å². The molecule has 0 aromatic heterocycles. The summed E-state index contributed by atoms with van der Waals surface area (Å²) in [6, 6.07) is 7.00. The van der Waals surface area contributed by atoms with Gasteiger partial charge in [-0.15, -0.1) is 0 Å². The van der Waals surface area contributed by atoms with E-state index in [0.717, 1.165) is 12.0 Å². The summed E-state index contributed by atoms with van der Waals surface area (Å²) in [5.41, 5.74) is 0.586. The lowest BCUT2D eigenvalue weighted by molar-refractivity contribution is -0.157. The fraction of sp³-hybridized carbons (Fsp3) is 0.471. The lowest BCUT2D eigenvalue weighted by Crippen LogP contribution is -2.42. The fourth-order valence-electron chi connectivity index (χ4n) is 2.66. The quantitative estimate of drug-likeness (QED) is 0.835. The second-order valence-corrected chi connectivity index (χ2v) is 6.29. The Hall–Kier alpha value is -2.37. The van der Waals surface area contributed by atoms with Crippen LogP contribution in [0.5, 0.6) is 0 Å². The van der Waals surface area contributed by atoms with Crippen molar-refractivity contribution in [3.63, 3.8) is 0 Å². The fourth-order valence-corrected chi connectivity index (χ4v) is 2.66. The number of benzene rings is 1. The van der Waals surface area contributed by atoms with Gasteiger partial charge in [0.15, 0.2) is 0 Å². The zero-order valence-corrected chi connectivity index (χ0v) is 13.5. The van der Waals surface area contributed by atoms with E-state index in [2.05, 4.69) is 5.32 Å². The van der Waals surface area contributed by atoms with Crippen LogP contribution in [0.25, 0.3) is 0 Å². The maximum absolute atomic E-state index is 12.0. The van der Waals surface area contributed by atoms with E-state index in [4.69, 9.17) is 0 Å². The summed E-state index contributed by atoms with van der Waals surface area (Å²) in [6.07, 6.45) is 2.02. The number of rotatable bonds is 6. The van der Waals surface area contributed by atoms with E-state index >= 15 is 0 Å². The van der Waals surface area contributed by atoms with Crippen LogP contribution in [0.3, 0.4) is 0 Å². The molecular weight excluding hydrogens is 296 g/mol. The molecule has 1 saturated carbocycles. The molecule has 1 aromatic carbocycles. The summed E-state index contributed by atoms with van der Waals surface area (Å²) < 4.78 is 0. The molecule has 1 aromatic rings. The highest BCUT2D eigenvalue weighted by Gasteiger charge is 2.45. The number of hydrogen-bond acceptors (Lipinski definition) is 3. The monoisotopic (exact) mass is 318 g/mol. The average molecular weight is 318 g/mol. The number of carbonyl (C=O) groups excluding carboxylic acids is 2. The standard InChI is InChI=1S/C17H22N2O4/c1-19(2)15(21)13-6-4-12(5-7-13)11-18-14(20)10-17(16(22)23)8-3-9-17/h4-7H,3,8-11H2,1-2H3,(H,18,20)(H,22,23). The number of nitrogens with zero attached hydrogens (tertiary/aromatic N) is 1. The second kappa shape index (κ2) is 6.81. The number of carboxylic acid groups (broad SMARTS) is 1. The minimum atomic E-state index is -0.884. The molecule has 124 valence electrons. The molecule has 2 amide bonds. The van der Waals surface area contributed by atoms with Gasteiger partial charge in [0, 0.05) is 32.6 Å². The van der Waals surface area contributed by atoms with E-state index in [0.29, 0.717) is 24.9 Å². The molecule has 1 fully saturated rings. The van der Waals surface area contributed by atoms with Crippen LogP contribution in [0.2, 0.25) is 0 Å². The van der Waals surface area contributed by atoms with Crippen molar-refractivity contribution >= 4 is 17.8 Å². The molecule has 0 aliphatic heterocycles. The van der Waals surface area contributed by atoms with Crippen molar-refractivity contribution in [1.29, 1.82) is 0 Å². The van der Waals surface area contributed by atoms with Gasteiger partial charge in [0.2, 0.25) is 5.91 Å². The van der Waals surface area contributed by atoms with Gasteiger partial charge in [0.25, 0.3) is 5.91 Å². The van der Waals surface area contributed by atoms with Gasteiger partial charge in [-0.05, 0) is 30.5 Å². The smallest absolute Gasteiger partial charge is 0.310 e. The topological polar surface area (TPSA) is 86.7 Å². The third kappa shape index (κ3) is 3.88. The molecule has 23 heavy (non-hydrogen) atoms. The largest absolute Gasteiger partial charge is 0.481 e. The van der Waals surface area contributed by atoms with Gasteiger partial charge in [-0.2, -0.15) is 0 Å². The van der Waals surface area contributed by atoms with Crippen LogP contribution in [-0.2, 0) is 16.1 Å². The first-order valence-electron chi connectivity index (χ1n) is 7.65. The molecule has 2 N–H and O–H groups in total. The lowest BCUT2D eigenvalue weighted by Gasteiger charge is -2.36. The predicted molar refractivity (Wildman–Crippen MR) is 84.8 cm³/mol. The highest BCUT2D eigenvalue weighted by molar-refractivity contribution is 5.93. The molecule has 0 bridgehead atoms. The van der Waals surface area contributed by atoms with Crippen molar-refractivity contribution in [2.75, 3.05) is 14.1 Å². The van der Waals surface area contributed by atoms with Crippen LogP contribution >= 0.6 is 0 Å². The van der Waals surface area contributed by atoms with Crippen LogP contribution in [0, 0.1) is 5.41 Å². The number of amides is 2. The number of aliphatic carboxylic acids is 1. The molecule has 0 atom stereocenters. The molecule has 0 heterocycles. The first-order valence-corrected chi connectivity index (χ1v) is 7.65. The third-order valence-corrected chi connectivity index (χ3v) is 4.36. The summed E-state index contributed by atoms with van der Waals surface area (Å²) >= 11 is 0. The van der Waals surface area contributed by atoms with E-state index < -0.39 is 11.4 Å². The summed E-state index contributed by atoms with van der Waals surface area (Å²) in [7, 11) is 3.38. The maximum atomic E-state index is 12.0. The number of hydrogen-bond donors (Lipinski definition) is 2. The van der Waals surface area contributed by atoms with Crippen molar-refractivity contribution in [3.8, 4) is 0 Å². The highest BCUT2D eigenvalue weighted by Crippen LogP contribution is 2.44. The van der Waals surface area contributed by atoms with Crippen LogP contribution in [0.15, 0.2) is 24.3 Å². The van der Waals surface area contributed by atoms with Crippen molar-refractivity contribution in [3.05, 3.63) is 35.4 Å². The van der Waals surface area contributed by atoms with Crippen LogP contribution < -0.4 is 5.32 Å². The molecule has 0 spiro atoms. The van der Waals surface area contributed by atoms with Gasteiger partial charge in [-0.25, -0.2) is 0 Å². The van der Waals surface area contributed by atoms with E-state index in [1.165, 1.54) is 4.90 Å². The molecule has 0 saturated heterocycles. The Balaban J connectivity index is 1.87. The zero-order valence-electron chi connectivity index (χ0n) is 13.5. The van der Waals surface area contributed by atoms with Crippen molar-refractivity contribution < 1.29 is 19.5 Å². The van der Waals surface area contributed by atoms with Crippen LogP contribution in [0.1, 0.15) is 41.6 Å². The highest BCUT2D eigenvalue weighted by atomic mass is 16.4. The Kier molecular flexibility index (Phi) is 5.03. The minimum absolute atomic E-state index is 0.0273. The molecule has 0 unspecified atom stereocenters. The summed E-state index contributed by atoms with van der Waals surface area (Å²) in [5, 5.41) is 12.0. The van der Waals surface area contributed by atoms with Gasteiger partial charge in [0.05, 0.1) is 5.41 Å². The number of nitrogens with one attached hydrogen (secondary N) is 1. The van der Waals surface area contributed by atoms with Crippen molar-refractivity contribution in [2.24, 2.45) is 5.41 Å². The Morgan fingerprint density at radius 2 is 1.78 bits per heavy atom. The van der Waals surface area contributed by atoms with Gasteiger partial charge >= 0.3 is 5.97 Å². The molecule has 1 aliphatic carbocycles. The van der Waals surface area contributed by atoms with Gasteiger partial charge in [-0.1, -0.05) is 18.6 Å². The number of carbonyl (C=O) groups is 3. The predicted octanol–water partition coefficient (Wildman–Crippen LogP) is 1.65. The maximum Gasteiger partial charge on any atom is 0.310 e. The van der Waals surface area contributed by atoms with E-state index in [1.807, 2.05) is 0 Å². The average Bonchev–Trinajstić information content (AvgIpc) is 2.48. The van der Waals surface area contributed by atoms with Gasteiger partial charge < -0.3 is 15.3 Å². The SMILES string of the molecule is CN(C)C(=O)c1ccc(CNC(=O)CC2(C(=O)O)CCC2)cc1. The van der Waals surface area contributed by atoms with Gasteiger partial charge in [-0.3, -0.25) is 14.4 Å². The molecule has 6 heteroatoms. The van der Waals surface area contributed by atoms with Crippen LogP contribution in [-0.4, -0.2) is 41.9 Å². The third-order valence-electron chi connectivity index (χ3n) is 4.36. The Morgan fingerprint density at radius 1 is 1.17 bits per heavy atom. The second-order valence-electron chi connectivity index (χ2n) is 6.29. The lowest BCUT2D eigenvalue weighted by atomic mass is 9.66.